The standard InChI is InChI=1S/C22H25N3O5S2/c1-2-3-10-25-21(27)17-7-6-15(14-18(17)22(25)28)20(26)24-11-8-16(9-12-24)23-32(29,30)19-5-4-13-31-19/h4-7,13-14,16,23H,2-3,8-12H2,1H3. The van der Waals surface area contributed by atoms with Gasteiger partial charge in [0, 0.05) is 31.2 Å². The van der Waals surface area contributed by atoms with E-state index in [4.69, 9.17) is 0 Å². The van der Waals surface area contributed by atoms with Crippen LogP contribution in [0.3, 0.4) is 0 Å². The van der Waals surface area contributed by atoms with E-state index in [9.17, 15) is 22.8 Å². The second-order valence-corrected chi connectivity index (χ2v) is 10.9. The highest BCUT2D eigenvalue weighted by Crippen LogP contribution is 2.26. The van der Waals surface area contributed by atoms with Crippen molar-refractivity contribution in [2.24, 2.45) is 0 Å². The van der Waals surface area contributed by atoms with Crippen LogP contribution in [0.2, 0.25) is 0 Å². The van der Waals surface area contributed by atoms with Crippen molar-refractivity contribution >= 4 is 39.1 Å². The maximum Gasteiger partial charge on any atom is 0.261 e. The SMILES string of the molecule is CCCCN1C(=O)c2ccc(C(=O)N3CCC(NS(=O)(=O)c4cccs4)CC3)cc2C1=O. The Morgan fingerprint density at radius 2 is 1.84 bits per heavy atom. The van der Waals surface area contributed by atoms with Crippen molar-refractivity contribution < 1.29 is 22.8 Å². The van der Waals surface area contributed by atoms with Crippen LogP contribution in [0.1, 0.15) is 63.7 Å². The van der Waals surface area contributed by atoms with Gasteiger partial charge in [0.2, 0.25) is 10.0 Å². The molecule has 0 aliphatic carbocycles. The Kier molecular flexibility index (Phi) is 6.45. The topological polar surface area (TPSA) is 104 Å². The molecular weight excluding hydrogens is 450 g/mol. The number of rotatable bonds is 7. The van der Waals surface area contributed by atoms with Gasteiger partial charge in [-0.3, -0.25) is 19.3 Å². The number of carbonyl (C=O) groups excluding carboxylic acids is 3. The summed E-state index contributed by atoms with van der Waals surface area (Å²) in [6.07, 6.45) is 2.62. The molecular formula is C22H25N3O5S2. The smallest absolute Gasteiger partial charge is 0.261 e. The number of benzene rings is 1. The lowest BCUT2D eigenvalue weighted by molar-refractivity contribution is 0.0651. The Bertz CT molecular complexity index is 1140. The average Bonchev–Trinajstić information content (AvgIpc) is 3.41. The molecule has 2 aromatic rings. The number of amides is 3. The molecule has 1 N–H and O–H groups in total. The summed E-state index contributed by atoms with van der Waals surface area (Å²) in [4.78, 5) is 41.0. The van der Waals surface area contributed by atoms with Gasteiger partial charge in [-0.2, -0.15) is 0 Å². The van der Waals surface area contributed by atoms with E-state index in [1.165, 1.54) is 22.3 Å². The summed E-state index contributed by atoms with van der Waals surface area (Å²) in [5.41, 5.74) is 0.972. The Hall–Kier alpha value is -2.56. The third-order valence-electron chi connectivity index (χ3n) is 5.82. The number of nitrogens with zero attached hydrogens (tertiary/aromatic N) is 2. The summed E-state index contributed by atoms with van der Waals surface area (Å²) in [5.74, 6) is -0.884. The summed E-state index contributed by atoms with van der Waals surface area (Å²) in [5, 5.41) is 1.72. The number of piperidine rings is 1. The minimum absolute atomic E-state index is 0.223. The van der Waals surface area contributed by atoms with Gasteiger partial charge in [-0.05, 0) is 48.9 Å². The van der Waals surface area contributed by atoms with Gasteiger partial charge in [0.05, 0.1) is 11.1 Å². The van der Waals surface area contributed by atoms with Gasteiger partial charge in [-0.1, -0.05) is 19.4 Å². The summed E-state index contributed by atoms with van der Waals surface area (Å²) in [6.45, 7) is 3.18. The van der Waals surface area contributed by atoms with Gasteiger partial charge >= 0.3 is 0 Å². The van der Waals surface area contributed by atoms with Gasteiger partial charge in [-0.15, -0.1) is 11.3 Å². The molecule has 0 radical (unpaired) electrons. The number of fused-ring (bicyclic) bond motifs is 1. The van der Waals surface area contributed by atoms with Crippen LogP contribution >= 0.6 is 11.3 Å². The molecule has 0 saturated carbocycles. The van der Waals surface area contributed by atoms with Gasteiger partial charge in [0.15, 0.2) is 0 Å². The Balaban J connectivity index is 1.40. The molecule has 4 rings (SSSR count). The number of hydrogen-bond donors (Lipinski definition) is 1. The number of carbonyl (C=O) groups is 3. The number of thiophene rings is 1. The fraction of sp³-hybridized carbons (Fsp3) is 0.409. The Morgan fingerprint density at radius 1 is 1.12 bits per heavy atom. The van der Waals surface area contributed by atoms with Gasteiger partial charge in [0.1, 0.15) is 4.21 Å². The predicted octanol–water partition coefficient (Wildman–Crippen LogP) is 2.73. The molecule has 8 nitrogen and oxygen atoms in total. The molecule has 10 heteroatoms. The van der Waals surface area contributed by atoms with Crippen LogP contribution in [0.5, 0.6) is 0 Å². The van der Waals surface area contributed by atoms with E-state index < -0.39 is 10.0 Å². The average molecular weight is 476 g/mol. The zero-order valence-corrected chi connectivity index (χ0v) is 19.4. The molecule has 2 aliphatic rings. The number of nitrogens with one attached hydrogen (secondary N) is 1. The number of unbranched alkanes of at least 4 members (excludes halogenated alkanes) is 1. The van der Waals surface area contributed by atoms with E-state index in [-0.39, 0.29) is 33.5 Å². The number of imide groups is 1. The van der Waals surface area contributed by atoms with Crippen LogP contribution in [0.15, 0.2) is 39.9 Å². The number of likely N-dealkylation sites (tertiary alicyclic amines) is 1. The molecule has 0 bridgehead atoms. The van der Waals surface area contributed by atoms with Crippen molar-refractivity contribution in [1.82, 2.24) is 14.5 Å². The third-order valence-corrected chi connectivity index (χ3v) is 8.73. The summed E-state index contributed by atoms with van der Waals surface area (Å²) < 4.78 is 27.8. The molecule has 3 amide bonds. The van der Waals surface area contributed by atoms with Crippen LogP contribution in [0.4, 0.5) is 0 Å². The Labute approximate surface area is 191 Å². The minimum Gasteiger partial charge on any atom is -0.339 e. The zero-order valence-electron chi connectivity index (χ0n) is 17.7. The quantitative estimate of drug-likeness (QED) is 0.620. The normalized spacial score (nSPS) is 17.2. The second-order valence-electron chi connectivity index (χ2n) is 8.00. The van der Waals surface area contributed by atoms with E-state index in [0.29, 0.717) is 43.6 Å². The molecule has 32 heavy (non-hydrogen) atoms. The first-order valence-electron chi connectivity index (χ1n) is 10.7. The first-order valence-corrected chi connectivity index (χ1v) is 13.0. The number of sulfonamides is 1. The first-order chi connectivity index (χ1) is 15.3. The maximum atomic E-state index is 13.0. The van der Waals surface area contributed by atoms with Crippen molar-refractivity contribution in [3.05, 3.63) is 52.4 Å². The highest BCUT2D eigenvalue weighted by atomic mass is 32.2. The van der Waals surface area contributed by atoms with Gasteiger partial charge in [-0.25, -0.2) is 13.1 Å². The monoisotopic (exact) mass is 475 g/mol. The lowest BCUT2D eigenvalue weighted by atomic mass is 10.0. The van der Waals surface area contributed by atoms with E-state index >= 15 is 0 Å². The first kappa shape index (κ1) is 22.6. The zero-order chi connectivity index (χ0) is 22.9. The van der Waals surface area contributed by atoms with Crippen molar-refractivity contribution in [3.63, 3.8) is 0 Å². The van der Waals surface area contributed by atoms with Crippen molar-refractivity contribution in [1.29, 1.82) is 0 Å². The molecule has 2 aliphatic heterocycles. The Morgan fingerprint density at radius 3 is 2.50 bits per heavy atom. The van der Waals surface area contributed by atoms with Crippen LogP contribution in [0.25, 0.3) is 0 Å². The van der Waals surface area contributed by atoms with Crippen molar-refractivity contribution in [2.45, 2.75) is 42.9 Å². The molecule has 0 atom stereocenters. The molecule has 170 valence electrons. The molecule has 1 aromatic heterocycles. The molecule has 0 spiro atoms. The summed E-state index contributed by atoms with van der Waals surface area (Å²) in [7, 11) is -3.55. The second kappa shape index (κ2) is 9.13. The third kappa shape index (κ3) is 4.35. The fourth-order valence-corrected chi connectivity index (χ4v) is 6.33. The van der Waals surface area contributed by atoms with Crippen LogP contribution < -0.4 is 4.72 Å². The van der Waals surface area contributed by atoms with E-state index in [2.05, 4.69) is 4.72 Å². The highest BCUT2D eigenvalue weighted by molar-refractivity contribution is 7.91. The van der Waals surface area contributed by atoms with Gasteiger partial charge in [0.25, 0.3) is 17.7 Å². The molecule has 0 unspecified atom stereocenters. The highest BCUT2D eigenvalue weighted by Gasteiger charge is 2.36. The minimum atomic E-state index is -3.55. The fourth-order valence-electron chi connectivity index (χ4n) is 4.02. The maximum absolute atomic E-state index is 13.0. The van der Waals surface area contributed by atoms with E-state index in [1.807, 2.05) is 6.92 Å². The van der Waals surface area contributed by atoms with E-state index in [0.717, 1.165) is 12.8 Å². The molecule has 1 aromatic carbocycles. The van der Waals surface area contributed by atoms with Crippen LogP contribution in [-0.4, -0.2) is 61.6 Å². The van der Waals surface area contributed by atoms with Crippen molar-refractivity contribution in [3.8, 4) is 0 Å². The lowest BCUT2D eigenvalue weighted by Crippen LogP contribution is -2.46. The molecule has 1 saturated heterocycles. The largest absolute Gasteiger partial charge is 0.339 e. The lowest BCUT2D eigenvalue weighted by Gasteiger charge is -2.32. The summed E-state index contributed by atoms with van der Waals surface area (Å²) in [6, 6.07) is 7.67. The van der Waals surface area contributed by atoms with Gasteiger partial charge < -0.3 is 4.90 Å². The number of hydrogen-bond acceptors (Lipinski definition) is 6. The van der Waals surface area contributed by atoms with Crippen molar-refractivity contribution in [2.75, 3.05) is 19.6 Å². The van der Waals surface area contributed by atoms with Crippen LogP contribution in [-0.2, 0) is 10.0 Å². The molecule has 1 fully saturated rings. The summed E-state index contributed by atoms with van der Waals surface area (Å²) >= 11 is 1.17. The van der Waals surface area contributed by atoms with Crippen LogP contribution in [0, 0.1) is 0 Å². The predicted molar refractivity (Wildman–Crippen MR) is 120 cm³/mol. The molecule has 3 heterocycles. The van der Waals surface area contributed by atoms with E-state index in [1.54, 1.807) is 34.5 Å².